The Morgan fingerprint density at radius 3 is 2.56 bits per heavy atom. The largest absolute Gasteiger partial charge is 0.481 e. The predicted molar refractivity (Wildman–Crippen MR) is 71.7 cm³/mol. The zero-order valence-electron chi connectivity index (χ0n) is 11.4. The maximum Gasteiger partial charge on any atom is 0.307 e. The average Bonchev–Trinajstić information content (AvgIpc) is 2.39. The number of carbonyl (C=O) groups is 1. The third kappa shape index (κ3) is 3.69. The SMILES string of the molecule is CCN1CC(NC2CCCCC2)CC(C(=O)O)C1. The number of piperidine rings is 1. The standard InChI is InChI=1S/C14H26N2O2/c1-2-16-9-11(14(17)18)8-13(10-16)15-12-6-4-3-5-7-12/h11-13,15H,2-10H2,1H3,(H,17,18). The predicted octanol–water partition coefficient (Wildman–Crippen LogP) is 1.70. The first-order chi connectivity index (χ1) is 8.69. The van der Waals surface area contributed by atoms with Gasteiger partial charge < -0.3 is 15.3 Å². The Labute approximate surface area is 110 Å². The quantitative estimate of drug-likeness (QED) is 0.802. The molecule has 0 aromatic heterocycles. The third-order valence-electron chi connectivity index (χ3n) is 4.40. The van der Waals surface area contributed by atoms with Crippen molar-refractivity contribution in [3.63, 3.8) is 0 Å². The van der Waals surface area contributed by atoms with Crippen LogP contribution in [0.15, 0.2) is 0 Å². The average molecular weight is 254 g/mol. The van der Waals surface area contributed by atoms with Crippen molar-refractivity contribution in [1.82, 2.24) is 10.2 Å². The van der Waals surface area contributed by atoms with Crippen LogP contribution in [0.2, 0.25) is 0 Å². The van der Waals surface area contributed by atoms with Crippen molar-refractivity contribution in [2.75, 3.05) is 19.6 Å². The molecular formula is C14H26N2O2. The van der Waals surface area contributed by atoms with Gasteiger partial charge in [0.2, 0.25) is 0 Å². The number of likely N-dealkylation sites (tertiary alicyclic amines) is 1. The fourth-order valence-corrected chi connectivity index (χ4v) is 3.35. The number of carboxylic acid groups (broad SMARTS) is 1. The highest BCUT2D eigenvalue weighted by Crippen LogP contribution is 2.22. The van der Waals surface area contributed by atoms with E-state index in [4.69, 9.17) is 0 Å². The zero-order chi connectivity index (χ0) is 13.0. The lowest BCUT2D eigenvalue weighted by Crippen LogP contribution is -2.53. The van der Waals surface area contributed by atoms with E-state index < -0.39 is 5.97 Å². The van der Waals surface area contributed by atoms with Gasteiger partial charge in [-0.25, -0.2) is 0 Å². The molecule has 1 heterocycles. The van der Waals surface area contributed by atoms with Crippen molar-refractivity contribution in [2.45, 2.75) is 57.5 Å². The molecule has 104 valence electrons. The van der Waals surface area contributed by atoms with Crippen molar-refractivity contribution < 1.29 is 9.90 Å². The summed E-state index contributed by atoms with van der Waals surface area (Å²) < 4.78 is 0. The van der Waals surface area contributed by atoms with E-state index in [2.05, 4.69) is 17.1 Å². The van der Waals surface area contributed by atoms with E-state index in [1.165, 1.54) is 32.1 Å². The minimum Gasteiger partial charge on any atom is -0.481 e. The summed E-state index contributed by atoms with van der Waals surface area (Å²) in [7, 11) is 0. The highest BCUT2D eigenvalue weighted by atomic mass is 16.4. The van der Waals surface area contributed by atoms with E-state index in [9.17, 15) is 9.90 Å². The van der Waals surface area contributed by atoms with E-state index in [1.54, 1.807) is 0 Å². The molecule has 2 aliphatic rings. The fourth-order valence-electron chi connectivity index (χ4n) is 3.35. The topological polar surface area (TPSA) is 52.6 Å². The van der Waals surface area contributed by atoms with Gasteiger partial charge in [-0.1, -0.05) is 26.2 Å². The summed E-state index contributed by atoms with van der Waals surface area (Å²) >= 11 is 0. The molecule has 0 amide bonds. The third-order valence-corrected chi connectivity index (χ3v) is 4.40. The second-order valence-electron chi connectivity index (χ2n) is 5.82. The maximum absolute atomic E-state index is 11.2. The first-order valence-electron chi connectivity index (χ1n) is 7.40. The molecule has 0 bridgehead atoms. The summed E-state index contributed by atoms with van der Waals surface area (Å²) in [6.07, 6.45) is 7.33. The number of likely N-dealkylation sites (N-methyl/N-ethyl adjacent to an activating group) is 1. The molecule has 0 radical (unpaired) electrons. The molecule has 0 spiro atoms. The van der Waals surface area contributed by atoms with Crippen LogP contribution in [0.1, 0.15) is 45.4 Å². The highest BCUT2D eigenvalue weighted by Gasteiger charge is 2.31. The smallest absolute Gasteiger partial charge is 0.307 e. The van der Waals surface area contributed by atoms with Crippen molar-refractivity contribution in [3.05, 3.63) is 0 Å². The van der Waals surface area contributed by atoms with Gasteiger partial charge in [-0.15, -0.1) is 0 Å². The summed E-state index contributed by atoms with van der Waals surface area (Å²) in [4.78, 5) is 13.5. The second-order valence-corrected chi connectivity index (χ2v) is 5.82. The summed E-state index contributed by atoms with van der Waals surface area (Å²) in [6.45, 7) is 4.79. The van der Waals surface area contributed by atoms with Gasteiger partial charge >= 0.3 is 5.97 Å². The lowest BCUT2D eigenvalue weighted by atomic mass is 9.90. The van der Waals surface area contributed by atoms with Gasteiger partial charge in [0.25, 0.3) is 0 Å². The Hall–Kier alpha value is -0.610. The van der Waals surface area contributed by atoms with Gasteiger partial charge in [-0.3, -0.25) is 4.79 Å². The Morgan fingerprint density at radius 2 is 1.94 bits per heavy atom. The van der Waals surface area contributed by atoms with Crippen molar-refractivity contribution in [2.24, 2.45) is 5.92 Å². The minimum atomic E-state index is -0.636. The number of aliphatic carboxylic acids is 1. The first-order valence-corrected chi connectivity index (χ1v) is 7.40. The van der Waals surface area contributed by atoms with Gasteiger partial charge in [0.15, 0.2) is 0 Å². The van der Waals surface area contributed by atoms with Gasteiger partial charge in [0.1, 0.15) is 0 Å². The van der Waals surface area contributed by atoms with Crippen LogP contribution in [-0.2, 0) is 4.79 Å². The number of hydrogen-bond acceptors (Lipinski definition) is 3. The molecule has 2 atom stereocenters. The van der Waals surface area contributed by atoms with Crippen LogP contribution in [0.4, 0.5) is 0 Å². The lowest BCUT2D eigenvalue weighted by Gasteiger charge is -2.38. The molecule has 0 aromatic rings. The molecule has 2 unspecified atom stereocenters. The van der Waals surface area contributed by atoms with Crippen LogP contribution in [0.5, 0.6) is 0 Å². The van der Waals surface area contributed by atoms with Crippen LogP contribution in [0, 0.1) is 5.92 Å². The van der Waals surface area contributed by atoms with E-state index in [0.29, 0.717) is 18.6 Å². The van der Waals surface area contributed by atoms with Crippen LogP contribution in [0.3, 0.4) is 0 Å². The molecule has 1 saturated carbocycles. The first kappa shape index (κ1) is 13.8. The summed E-state index contributed by atoms with van der Waals surface area (Å²) in [6, 6.07) is 0.984. The number of carboxylic acids is 1. The molecule has 2 rings (SSSR count). The van der Waals surface area contributed by atoms with Crippen LogP contribution >= 0.6 is 0 Å². The van der Waals surface area contributed by atoms with Crippen LogP contribution in [0.25, 0.3) is 0 Å². The van der Waals surface area contributed by atoms with E-state index in [0.717, 1.165) is 19.5 Å². The van der Waals surface area contributed by atoms with E-state index in [1.807, 2.05) is 0 Å². The molecule has 4 heteroatoms. The normalized spacial score (nSPS) is 31.4. The molecular weight excluding hydrogens is 228 g/mol. The second kappa shape index (κ2) is 6.53. The zero-order valence-corrected chi connectivity index (χ0v) is 11.4. The Bertz CT molecular complexity index is 277. The Morgan fingerprint density at radius 1 is 1.22 bits per heavy atom. The molecule has 1 saturated heterocycles. The van der Waals surface area contributed by atoms with Crippen molar-refractivity contribution >= 4 is 5.97 Å². The van der Waals surface area contributed by atoms with Crippen LogP contribution in [-0.4, -0.2) is 47.7 Å². The van der Waals surface area contributed by atoms with Gasteiger partial charge in [-0.2, -0.15) is 0 Å². The van der Waals surface area contributed by atoms with Crippen LogP contribution < -0.4 is 5.32 Å². The highest BCUT2D eigenvalue weighted by molar-refractivity contribution is 5.70. The van der Waals surface area contributed by atoms with E-state index in [-0.39, 0.29) is 5.92 Å². The van der Waals surface area contributed by atoms with Gasteiger partial charge in [-0.05, 0) is 25.8 Å². The number of nitrogens with one attached hydrogen (secondary N) is 1. The number of rotatable bonds is 4. The molecule has 2 N–H and O–H groups in total. The molecule has 18 heavy (non-hydrogen) atoms. The summed E-state index contributed by atoms with van der Waals surface area (Å²) in [5, 5.41) is 12.9. The monoisotopic (exact) mass is 254 g/mol. The van der Waals surface area contributed by atoms with Gasteiger partial charge in [0.05, 0.1) is 5.92 Å². The molecule has 2 fully saturated rings. The number of hydrogen-bond donors (Lipinski definition) is 2. The maximum atomic E-state index is 11.2. The van der Waals surface area contributed by atoms with Gasteiger partial charge in [0, 0.05) is 25.2 Å². The molecule has 0 aromatic carbocycles. The fraction of sp³-hybridized carbons (Fsp3) is 0.929. The molecule has 1 aliphatic heterocycles. The molecule has 1 aliphatic carbocycles. The minimum absolute atomic E-state index is 0.195. The van der Waals surface area contributed by atoms with Crippen molar-refractivity contribution in [1.29, 1.82) is 0 Å². The summed E-state index contributed by atoms with van der Waals surface area (Å²) in [5.41, 5.74) is 0. The Kier molecular flexibility index (Phi) is 5.01. The van der Waals surface area contributed by atoms with Crippen molar-refractivity contribution in [3.8, 4) is 0 Å². The number of nitrogens with zero attached hydrogens (tertiary/aromatic N) is 1. The van der Waals surface area contributed by atoms with E-state index >= 15 is 0 Å². The Balaban J connectivity index is 1.87. The lowest BCUT2D eigenvalue weighted by molar-refractivity contribution is -0.144. The summed E-state index contributed by atoms with van der Waals surface area (Å²) in [5.74, 6) is -0.830. The molecule has 4 nitrogen and oxygen atoms in total.